The van der Waals surface area contributed by atoms with E-state index in [-0.39, 0.29) is 0 Å². The lowest BCUT2D eigenvalue weighted by molar-refractivity contribution is 0.138. The normalized spacial score (nSPS) is 16.2. The first-order valence-corrected chi connectivity index (χ1v) is 10.3. The second-order valence-corrected chi connectivity index (χ2v) is 7.34. The fourth-order valence-electron chi connectivity index (χ4n) is 3.56. The van der Waals surface area contributed by atoms with Crippen molar-refractivity contribution in [1.29, 1.82) is 0 Å². The van der Waals surface area contributed by atoms with Gasteiger partial charge in [0.05, 0.1) is 13.2 Å². The van der Waals surface area contributed by atoms with Crippen LogP contribution in [0.25, 0.3) is 0 Å². The van der Waals surface area contributed by atoms with Crippen LogP contribution in [0.5, 0.6) is 5.88 Å². The number of rotatable bonds is 12. The molecule has 1 aromatic heterocycles. The van der Waals surface area contributed by atoms with Gasteiger partial charge in [-0.25, -0.2) is 9.98 Å². The average molecular weight is 393 g/mol. The summed E-state index contributed by atoms with van der Waals surface area (Å²) in [5, 5.41) is 6.90. The molecule has 1 heterocycles. The Balaban J connectivity index is 1.88. The molecule has 0 amide bonds. The van der Waals surface area contributed by atoms with Crippen LogP contribution < -0.4 is 15.4 Å². The zero-order chi connectivity index (χ0) is 20.1. The summed E-state index contributed by atoms with van der Waals surface area (Å²) < 4.78 is 15.8. The number of aliphatic imine (C=N–C) groups is 1. The molecule has 0 radical (unpaired) electrons. The fourth-order valence-corrected chi connectivity index (χ4v) is 3.56. The maximum atomic E-state index is 5.50. The number of pyridine rings is 1. The zero-order valence-corrected chi connectivity index (χ0v) is 17.6. The van der Waals surface area contributed by atoms with E-state index >= 15 is 0 Å². The van der Waals surface area contributed by atoms with Gasteiger partial charge in [-0.3, -0.25) is 0 Å². The molecule has 0 bridgehead atoms. The molecule has 0 aliphatic heterocycles. The van der Waals surface area contributed by atoms with E-state index in [0.717, 1.165) is 37.6 Å². The number of aromatic nitrogens is 1. The third-order valence-electron chi connectivity index (χ3n) is 5.23. The van der Waals surface area contributed by atoms with Crippen molar-refractivity contribution in [2.75, 3.05) is 47.1 Å². The molecular formula is C21H36N4O3. The van der Waals surface area contributed by atoms with Crippen molar-refractivity contribution in [2.24, 2.45) is 10.4 Å². The van der Waals surface area contributed by atoms with Gasteiger partial charge in [-0.2, -0.15) is 0 Å². The molecule has 28 heavy (non-hydrogen) atoms. The molecule has 2 rings (SSSR count). The van der Waals surface area contributed by atoms with Gasteiger partial charge >= 0.3 is 0 Å². The van der Waals surface area contributed by atoms with E-state index in [9.17, 15) is 0 Å². The molecule has 0 unspecified atom stereocenters. The molecule has 1 aliphatic carbocycles. The molecule has 158 valence electrons. The Kier molecular flexibility index (Phi) is 10.1. The van der Waals surface area contributed by atoms with Gasteiger partial charge < -0.3 is 24.8 Å². The Morgan fingerprint density at radius 1 is 1.11 bits per heavy atom. The number of nitrogens with zero attached hydrogens (tertiary/aromatic N) is 2. The van der Waals surface area contributed by atoms with Crippen LogP contribution in [0.1, 0.15) is 44.6 Å². The standard InChI is InChI=1S/C21H36N4O3/c1-4-22-20(25-17-21(11-12-26-2)9-5-6-10-21)24-16-18-7-8-19(23-15-18)28-14-13-27-3/h7-8,15H,4-6,9-14,16-17H2,1-3H3,(H2,22,24,25). The van der Waals surface area contributed by atoms with E-state index in [0.29, 0.717) is 31.1 Å². The van der Waals surface area contributed by atoms with Gasteiger partial charge in [-0.1, -0.05) is 18.9 Å². The third-order valence-corrected chi connectivity index (χ3v) is 5.23. The van der Waals surface area contributed by atoms with Crippen LogP contribution in [0, 0.1) is 5.41 Å². The number of nitrogens with one attached hydrogen (secondary N) is 2. The lowest BCUT2D eigenvalue weighted by Crippen LogP contribution is -2.43. The summed E-state index contributed by atoms with van der Waals surface area (Å²) in [7, 11) is 3.43. The summed E-state index contributed by atoms with van der Waals surface area (Å²) in [6, 6.07) is 3.87. The van der Waals surface area contributed by atoms with Crippen LogP contribution in [0.3, 0.4) is 0 Å². The molecule has 7 nitrogen and oxygen atoms in total. The molecule has 7 heteroatoms. The van der Waals surface area contributed by atoms with Crippen LogP contribution in [0.4, 0.5) is 0 Å². The molecule has 1 aliphatic rings. The Bertz CT molecular complexity index is 572. The molecular weight excluding hydrogens is 356 g/mol. The highest BCUT2D eigenvalue weighted by atomic mass is 16.5. The van der Waals surface area contributed by atoms with E-state index in [1.54, 1.807) is 14.2 Å². The first kappa shape index (κ1) is 22.4. The summed E-state index contributed by atoms with van der Waals surface area (Å²) >= 11 is 0. The first-order chi connectivity index (χ1) is 13.7. The van der Waals surface area contributed by atoms with Crippen LogP contribution in [-0.2, 0) is 16.0 Å². The van der Waals surface area contributed by atoms with E-state index < -0.39 is 0 Å². The maximum Gasteiger partial charge on any atom is 0.213 e. The fraction of sp³-hybridized carbons (Fsp3) is 0.714. The largest absolute Gasteiger partial charge is 0.475 e. The smallest absolute Gasteiger partial charge is 0.213 e. The van der Waals surface area contributed by atoms with Crippen molar-refractivity contribution in [3.8, 4) is 5.88 Å². The topological polar surface area (TPSA) is 77.0 Å². The Morgan fingerprint density at radius 3 is 2.54 bits per heavy atom. The van der Waals surface area contributed by atoms with Crippen molar-refractivity contribution in [1.82, 2.24) is 15.6 Å². The lowest BCUT2D eigenvalue weighted by Gasteiger charge is -2.30. The Labute approximate surface area is 169 Å². The maximum absolute atomic E-state index is 5.50. The van der Waals surface area contributed by atoms with Crippen LogP contribution >= 0.6 is 0 Å². The number of hydrogen-bond donors (Lipinski definition) is 2. The molecule has 0 saturated heterocycles. The van der Waals surface area contributed by atoms with Crippen molar-refractivity contribution < 1.29 is 14.2 Å². The summed E-state index contributed by atoms with van der Waals surface area (Å²) in [6.07, 6.45) is 8.05. The number of guanidine groups is 1. The van der Waals surface area contributed by atoms with Crippen LogP contribution in [0.2, 0.25) is 0 Å². The number of methoxy groups -OCH3 is 2. The van der Waals surface area contributed by atoms with Crippen LogP contribution in [-0.4, -0.2) is 58.1 Å². The molecule has 1 saturated carbocycles. The molecule has 0 atom stereocenters. The molecule has 2 N–H and O–H groups in total. The quantitative estimate of drug-likeness (QED) is 0.324. The predicted octanol–water partition coefficient (Wildman–Crippen LogP) is 2.76. The van der Waals surface area contributed by atoms with Crippen LogP contribution in [0.15, 0.2) is 23.3 Å². The average Bonchev–Trinajstić information content (AvgIpc) is 3.19. The first-order valence-electron chi connectivity index (χ1n) is 10.3. The summed E-state index contributed by atoms with van der Waals surface area (Å²) in [5.41, 5.74) is 1.38. The second kappa shape index (κ2) is 12.6. The highest BCUT2D eigenvalue weighted by molar-refractivity contribution is 5.79. The monoisotopic (exact) mass is 392 g/mol. The molecule has 1 fully saturated rings. The van der Waals surface area contributed by atoms with Crippen molar-refractivity contribution in [3.05, 3.63) is 23.9 Å². The minimum atomic E-state index is 0.328. The predicted molar refractivity (Wildman–Crippen MR) is 112 cm³/mol. The summed E-state index contributed by atoms with van der Waals surface area (Å²) in [4.78, 5) is 9.05. The van der Waals surface area contributed by atoms with Gasteiger partial charge in [0.15, 0.2) is 5.96 Å². The molecule has 0 spiro atoms. The SMILES string of the molecule is CCNC(=NCc1ccc(OCCOC)nc1)NCC1(CCOC)CCCC1. The van der Waals surface area contributed by atoms with Crippen molar-refractivity contribution in [2.45, 2.75) is 45.6 Å². The highest BCUT2D eigenvalue weighted by Gasteiger charge is 2.33. The van der Waals surface area contributed by atoms with Crippen molar-refractivity contribution >= 4 is 5.96 Å². The minimum Gasteiger partial charge on any atom is -0.475 e. The van der Waals surface area contributed by atoms with Gasteiger partial charge in [0.1, 0.15) is 6.61 Å². The molecule has 1 aromatic rings. The lowest BCUT2D eigenvalue weighted by atomic mass is 9.83. The Morgan fingerprint density at radius 2 is 1.89 bits per heavy atom. The second-order valence-electron chi connectivity index (χ2n) is 7.34. The number of ether oxygens (including phenoxy) is 3. The van der Waals surface area contributed by atoms with Gasteiger partial charge in [0.25, 0.3) is 0 Å². The van der Waals surface area contributed by atoms with E-state index in [1.807, 2.05) is 18.3 Å². The van der Waals surface area contributed by atoms with Crippen molar-refractivity contribution in [3.63, 3.8) is 0 Å². The minimum absolute atomic E-state index is 0.328. The van der Waals surface area contributed by atoms with Gasteiger partial charge in [0, 0.05) is 46.2 Å². The summed E-state index contributed by atoms with van der Waals surface area (Å²) in [5.74, 6) is 1.46. The highest BCUT2D eigenvalue weighted by Crippen LogP contribution is 2.40. The number of hydrogen-bond acceptors (Lipinski definition) is 5. The third kappa shape index (κ3) is 7.64. The van der Waals surface area contributed by atoms with Gasteiger partial charge in [0.2, 0.25) is 5.88 Å². The van der Waals surface area contributed by atoms with Gasteiger partial charge in [-0.05, 0) is 37.2 Å². The van der Waals surface area contributed by atoms with E-state index in [1.165, 1.54) is 25.7 Å². The Hall–Kier alpha value is -1.86. The zero-order valence-electron chi connectivity index (χ0n) is 17.6. The van der Waals surface area contributed by atoms with E-state index in [2.05, 4.69) is 22.5 Å². The van der Waals surface area contributed by atoms with Gasteiger partial charge in [-0.15, -0.1) is 0 Å². The molecule has 0 aromatic carbocycles. The summed E-state index contributed by atoms with van der Waals surface area (Å²) in [6.45, 7) is 6.30. The van der Waals surface area contributed by atoms with E-state index in [4.69, 9.17) is 19.2 Å².